The molecular weight excluding hydrogens is 381 g/mol. The van der Waals surface area contributed by atoms with Crippen molar-refractivity contribution in [3.63, 3.8) is 0 Å². The first kappa shape index (κ1) is 19.3. The number of carbonyl (C=O) groups excluding carboxylic acids is 2. The number of carbonyl (C=O) groups is 2. The summed E-state index contributed by atoms with van der Waals surface area (Å²) in [4.78, 5) is 37.0. The first-order valence-electron chi connectivity index (χ1n) is 7.92. The van der Waals surface area contributed by atoms with Crippen molar-refractivity contribution in [1.82, 2.24) is 14.9 Å². The van der Waals surface area contributed by atoms with E-state index in [1.807, 2.05) is 0 Å². The molecule has 3 N–H and O–H groups in total. The van der Waals surface area contributed by atoms with Crippen LogP contribution in [0.4, 0.5) is 18.9 Å². The van der Waals surface area contributed by atoms with Gasteiger partial charge in [-0.25, -0.2) is 9.98 Å². The molecule has 0 radical (unpaired) electrons. The highest BCUT2D eigenvalue weighted by molar-refractivity contribution is 6.02. The van der Waals surface area contributed by atoms with E-state index in [4.69, 9.17) is 5.73 Å². The first-order chi connectivity index (χ1) is 13.0. The molecule has 3 rings (SSSR count). The number of rotatable bonds is 3. The minimum absolute atomic E-state index is 0.00677. The highest BCUT2D eigenvalue weighted by Crippen LogP contribution is 2.33. The lowest BCUT2D eigenvalue weighted by molar-refractivity contribution is -0.157. The van der Waals surface area contributed by atoms with E-state index in [1.165, 1.54) is 30.3 Å². The van der Waals surface area contributed by atoms with Crippen molar-refractivity contribution in [2.24, 2.45) is 10.7 Å². The third-order valence-electron chi connectivity index (χ3n) is 4.12. The number of hydrogen-bond acceptors (Lipinski definition) is 7. The number of amides is 2. The molecule has 148 valence electrons. The molecular formula is C16H15F3N6O3. The lowest BCUT2D eigenvalue weighted by atomic mass is 9.91. The summed E-state index contributed by atoms with van der Waals surface area (Å²) < 4.78 is 41.9. The van der Waals surface area contributed by atoms with Gasteiger partial charge in [0.25, 0.3) is 5.91 Å². The molecule has 3 heterocycles. The minimum atomic E-state index is -4.80. The predicted molar refractivity (Wildman–Crippen MR) is 90.1 cm³/mol. The van der Waals surface area contributed by atoms with Crippen LogP contribution in [0.5, 0.6) is 0 Å². The molecule has 1 aliphatic heterocycles. The molecule has 2 aromatic rings. The number of alkyl halides is 3. The van der Waals surface area contributed by atoms with Gasteiger partial charge in [0.2, 0.25) is 5.91 Å². The second-order valence-corrected chi connectivity index (χ2v) is 6.29. The molecule has 0 aromatic carbocycles. The fraction of sp³-hybridized carbons (Fsp3) is 0.312. The number of halogens is 3. The van der Waals surface area contributed by atoms with Gasteiger partial charge < -0.3 is 15.5 Å². The Morgan fingerprint density at radius 2 is 2.14 bits per heavy atom. The maximum absolute atomic E-state index is 12.5. The Kier molecular flexibility index (Phi) is 4.57. The van der Waals surface area contributed by atoms with Gasteiger partial charge in [-0.15, -0.1) is 0 Å². The average molecular weight is 396 g/mol. The van der Waals surface area contributed by atoms with E-state index in [9.17, 15) is 22.8 Å². The fourth-order valence-electron chi connectivity index (χ4n) is 2.56. The Balaban J connectivity index is 1.83. The lowest BCUT2D eigenvalue weighted by Crippen LogP contribution is -2.47. The summed E-state index contributed by atoms with van der Waals surface area (Å²) in [6.45, 7) is 1.66. The third-order valence-corrected chi connectivity index (χ3v) is 4.12. The third kappa shape index (κ3) is 3.66. The summed E-state index contributed by atoms with van der Waals surface area (Å²) >= 11 is 0. The van der Waals surface area contributed by atoms with Crippen LogP contribution in [-0.2, 0) is 16.5 Å². The van der Waals surface area contributed by atoms with E-state index in [1.54, 1.807) is 6.92 Å². The molecule has 0 saturated carbocycles. The maximum atomic E-state index is 12.5. The molecule has 1 aliphatic rings. The fourth-order valence-corrected chi connectivity index (χ4v) is 2.56. The number of guanidine groups is 1. The van der Waals surface area contributed by atoms with Crippen LogP contribution in [0, 0.1) is 0 Å². The van der Waals surface area contributed by atoms with Gasteiger partial charge in [-0.05, 0) is 19.1 Å². The second kappa shape index (κ2) is 6.62. The van der Waals surface area contributed by atoms with E-state index in [2.05, 4.69) is 24.7 Å². The van der Waals surface area contributed by atoms with E-state index in [0.29, 0.717) is 12.0 Å². The molecule has 2 amide bonds. The summed E-state index contributed by atoms with van der Waals surface area (Å²) in [5, 5.41) is 2.41. The lowest BCUT2D eigenvalue weighted by Gasteiger charge is -2.32. The zero-order valence-electron chi connectivity index (χ0n) is 14.7. The number of nitrogens with one attached hydrogen (secondary N) is 1. The smallest absolute Gasteiger partial charge is 0.441 e. The van der Waals surface area contributed by atoms with Crippen LogP contribution < -0.4 is 11.1 Å². The van der Waals surface area contributed by atoms with Crippen LogP contribution in [-0.4, -0.2) is 39.7 Å². The average Bonchev–Trinajstić information content (AvgIpc) is 3.10. The number of nitrogens with two attached hydrogens (primary N) is 1. The van der Waals surface area contributed by atoms with Gasteiger partial charge in [-0.1, -0.05) is 0 Å². The number of oxazole rings is 1. The van der Waals surface area contributed by atoms with Gasteiger partial charge in [0.15, 0.2) is 11.7 Å². The maximum Gasteiger partial charge on any atom is 0.468 e. The van der Waals surface area contributed by atoms with E-state index in [-0.39, 0.29) is 24.0 Å². The summed E-state index contributed by atoms with van der Waals surface area (Å²) in [6.07, 6.45) is -2.81. The Hall–Kier alpha value is -3.44. The number of nitrogens with zero attached hydrogens (tertiary/aromatic N) is 4. The van der Waals surface area contributed by atoms with E-state index in [0.717, 1.165) is 0 Å². The molecule has 0 aliphatic carbocycles. The summed E-state index contributed by atoms with van der Waals surface area (Å²) in [5.74, 6) is -2.65. The van der Waals surface area contributed by atoms with Gasteiger partial charge in [0.05, 0.1) is 12.1 Å². The molecule has 12 heteroatoms. The van der Waals surface area contributed by atoms with Gasteiger partial charge in [-0.2, -0.15) is 13.2 Å². The van der Waals surface area contributed by atoms with Crippen molar-refractivity contribution < 1.29 is 27.2 Å². The van der Waals surface area contributed by atoms with Crippen molar-refractivity contribution in [1.29, 1.82) is 0 Å². The van der Waals surface area contributed by atoms with Gasteiger partial charge in [0.1, 0.15) is 11.8 Å². The first-order valence-corrected chi connectivity index (χ1v) is 7.92. The standard InChI is InChI=1S/C16H15F3N6O3/c1-15(6-11(26)25(2)14(20)24-15)10-5-8(3-4-21-10)22-12(27)9-7-28-13(23-9)16(17,18)19/h3-5,7H,6H2,1-2H3,(H2,20,24)(H,21,22,27). The highest BCUT2D eigenvalue weighted by Gasteiger charge is 2.38. The minimum Gasteiger partial charge on any atom is -0.441 e. The molecule has 1 unspecified atom stereocenters. The van der Waals surface area contributed by atoms with Crippen molar-refractivity contribution >= 4 is 23.5 Å². The van der Waals surface area contributed by atoms with Crippen LogP contribution in [0.15, 0.2) is 34.0 Å². The number of anilines is 1. The summed E-state index contributed by atoms with van der Waals surface area (Å²) in [6, 6.07) is 2.89. The Morgan fingerprint density at radius 1 is 1.43 bits per heavy atom. The Labute approximate surface area is 156 Å². The molecule has 2 aromatic heterocycles. The normalized spacial score (nSPS) is 20.1. The molecule has 28 heavy (non-hydrogen) atoms. The summed E-state index contributed by atoms with van der Waals surface area (Å²) in [5.41, 5.74) is 4.76. The highest BCUT2D eigenvalue weighted by atomic mass is 19.4. The molecule has 1 atom stereocenters. The Bertz CT molecular complexity index is 971. The largest absolute Gasteiger partial charge is 0.468 e. The number of hydrogen-bond donors (Lipinski definition) is 2. The van der Waals surface area contributed by atoms with E-state index >= 15 is 0 Å². The quantitative estimate of drug-likeness (QED) is 0.814. The number of pyridine rings is 1. The van der Waals surface area contributed by atoms with Crippen LogP contribution >= 0.6 is 0 Å². The zero-order chi connectivity index (χ0) is 20.7. The summed E-state index contributed by atoms with van der Waals surface area (Å²) in [7, 11) is 1.50. The van der Waals surface area contributed by atoms with E-state index < -0.39 is 29.2 Å². The topological polar surface area (TPSA) is 127 Å². The zero-order valence-corrected chi connectivity index (χ0v) is 14.7. The predicted octanol–water partition coefficient (Wildman–Crippen LogP) is 1.73. The molecule has 0 fully saturated rings. The van der Waals surface area contributed by atoms with Crippen LogP contribution in [0.1, 0.15) is 35.4 Å². The molecule has 0 bridgehead atoms. The number of aromatic nitrogens is 2. The molecule has 9 nitrogen and oxygen atoms in total. The monoisotopic (exact) mass is 396 g/mol. The van der Waals surface area contributed by atoms with Crippen molar-refractivity contribution in [2.75, 3.05) is 12.4 Å². The van der Waals surface area contributed by atoms with Crippen LogP contribution in [0.3, 0.4) is 0 Å². The molecule has 0 saturated heterocycles. The van der Waals surface area contributed by atoms with Gasteiger partial charge in [0, 0.05) is 18.9 Å². The van der Waals surface area contributed by atoms with Crippen molar-refractivity contribution in [3.8, 4) is 0 Å². The van der Waals surface area contributed by atoms with Crippen LogP contribution in [0.2, 0.25) is 0 Å². The van der Waals surface area contributed by atoms with Gasteiger partial charge >= 0.3 is 12.1 Å². The Morgan fingerprint density at radius 3 is 2.75 bits per heavy atom. The molecule has 0 spiro atoms. The second-order valence-electron chi connectivity index (χ2n) is 6.29. The van der Waals surface area contributed by atoms with Crippen molar-refractivity contribution in [2.45, 2.75) is 25.1 Å². The van der Waals surface area contributed by atoms with Crippen LogP contribution in [0.25, 0.3) is 0 Å². The SMILES string of the molecule is CN1C(=O)CC(C)(c2cc(NC(=O)c3coc(C(F)(F)F)n3)ccn2)N=C1N. The van der Waals surface area contributed by atoms with Gasteiger partial charge in [-0.3, -0.25) is 19.5 Å². The van der Waals surface area contributed by atoms with Crippen molar-refractivity contribution in [3.05, 3.63) is 41.9 Å². The number of aliphatic imine (C=N–C) groups is 1.